The molecule has 82 heavy (non-hydrogen) atoms. The number of anilines is 6. The van der Waals surface area contributed by atoms with Gasteiger partial charge < -0.3 is 18.6 Å². The molecule has 406 valence electrons. The average molecular weight is 1070 g/mol. The lowest BCUT2D eigenvalue weighted by atomic mass is 9.67. The van der Waals surface area contributed by atoms with E-state index in [2.05, 4.69) is 320 Å². The summed E-state index contributed by atoms with van der Waals surface area (Å²) < 4.78 is 20.2. The van der Waals surface area contributed by atoms with Crippen LogP contribution in [-0.2, 0) is 27.1 Å². The molecule has 12 aromatic rings. The molecule has 0 amide bonds. The van der Waals surface area contributed by atoms with Crippen molar-refractivity contribution >= 4 is 86.4 Å². The van der Waals surface area contributed by atoms with Crippen LogP contribution in [0.4, 0.5) is 34.1 Å². The maximum atomic E-state index is 7.57. The molecule has 0 atom stereocenters. The van der Waals surface area contributed by atoms with Crippen molar-refractivity contribution in [3.05, 3.63) is 263 Å². The smallest absolute Gasteiger partial charge is 0.160 e. The van der Waals surface area contributed by atoms with E-state index in [4.69, 9.17) is 10.2 Å². The number of para-hydroxylation sites is 2. The highest BCUT2D eigenvalue weighted by atomic mass is 16.3. The third-order valence-corrected chi connectivity index (χ3v) is 17.2. The standard InChI is InChI=1S/C77H72N2O2.BH/c1-73(2,3)49-31-39-55(40-32-49)78(56-41-33-50(34-42-56)74(4,5)6)63-47-62-70(72-67(63)59-27-19-21-29-65(59)81-72)69-61(77(62,53-23-15-13-16-24-53)54-25-17-14-18-26-54)48-64(71-68(69)60-28-20-22-30-66(60)80-71)79(57-43-35-51(36-44-57)75(7,8)9)58-45-37-52(38-46-58)76(10,11)12;/h13-48H,1-12H3;1H/i;1D. The Bertz CT molecular complexity index is 4190. The molecule has 0 saturated heterocycles. The Labute approximate surface area is 488 Å². The minimum absolute atomic E-state index is 0.0289. The largest absolute Gasteiger partial charge is 0.455 e. The summed E-state index contributed by atoms with van der Waals surface area (Å²) in [4.78, 5) is 4.91. The molecule has 1 aliphatic rings. The Balaban J connectivity index is 0.00000336. The first-order valence-electron chi connectivity index (χ1n) is 29.4. The zero-order valence-electron chi connectivity index (χ0n) is 50.6. The Morgan fingerprint density at radius 2 is 0.659 bits per heavy atom. The molecule has 0 bridgehead atoms. The number of rotatable bonds is 8. The van der Waals surface area contributed by atoms with Crippen LogP contribution in [0.2, 0.25) is 0 Å². The van der Waals surface area contributed by atoms with E-state index >= 15 is 0 Å². The van der Waals surface area contributed by atoms with E-state index in [-0.39, 0.29) is 21.7 Å². The number of nitrogens with zero attached hydrogens (tertiary/aromatic N) is 2. The molecule has 2 aromatic heterocycles. The van der Waals surface area contributed by atoms with E-state index < -0.39 is 5.41 Å². The van der Waals surface area contributed by atoms with Crippen LogP contribution in [0.3, 0.4) is 0 Å². The van der Waals surface area contributed by atoms with Crippen LogP contribution in [0.5, 0.6) is 0 Å². The second kappa shape index (κ2) is 19.6. The molecular formula is C77H73BN2O2. The summed E-state index contributed by atoms with van der Waals surface area (Å²) in [6.45, 7) is 27.4. The van der Waals surface area contributed by atoms with Gasteiger partial charge in [-0.1, -0.05) is 229 Å². The molecule has 0 unspecified atom stereocenters. The van der Waals surface area contributed by atoms with Crippen molar-refractivity contribution in [3.8, 4) is 11.1 Å². The summed E-state index contributed by atoms with van der Waals surface area (Å²) in [6, 6.07) is 81.4. The molecule has 0 aliphatic heterocycles. The van der Waals surface area contributed by atoms with E-state index in [0.29, 0.717) is 0 Å². The molecule has 0 saturated carbocycles. The van der Waals surface area contributed by atoms with Crippen molar-refractivity contribution in [3.63, 3.8) is 0 Å². The Hall–Kier alpha value is -8.54. The monoisotopic (exact) mass is 1070 g/mol. The van der Waals surface area contributed by atoms with Gasteiger partial charge in [0, 0.05) is 58.4 Å². The molecule has 5 heteroatoms. The van der Waals surface area contributed by atoms with Crippen molar-refractivity contribution in [2.45, 2.75) is 110 Å². The first kappa shape index (κ1) is 52.8. The lowest BCUT2D eigenvalue weighted by molar-refractivity contribution is 0.590. The van der Waals surface area contributed by atoms with Crippen LogP contribution >= 0.6 is 0 Å². The lowest BCUT2D eigenvalue weighted by Crippen LogP contribution is -2.29. The van der Waals surface area contributed by atoms with Gasteiger partial charge in [-0.15, -0.1) is 0 Å². The van der Waals surface area contributed by atoms with Gasteiger partial charge >= 0.3 is 0 Å². The Morgan fingerprint density at radius 3 is 1.05 bits per heavy atom. The molecule has 4 nitrogen and oxygen atoms in total. The van der Waals surface area contributed by atoms with E-state index in [9.17, 15) is 0 Å². The topological polar surface area (TPSA) is 32.8 Å². The van der Waals surface area contributed by atoms with Gasteiger partial charge in [-0.2, -0.15) is 0 Å². The van der Waals surface area contributed by atoms with E-state index in [1.54, 1.807) is 0 Å². The molecule has 1 aliphatic carbocycles. The summed E-state index contributed by atoms with van der Waals surface area (Å²) in [7, 11) is 3.75. The number of furan rings is 2. The SMILES string of the molecule is CC(C)(C)c1ccc(N(c2ccc(C(C)(C)C)cc2)c2cc3c(c4c2oc2ccccc24)-c2c(cc(N(c4ccc(C(C)(C)C)cc4)c4ccc(C(C)(C)C)cc4)c4c2oc2ccccc24)C3(c2ccccc2)c2ccccc2)cc1.[2H][B]. The molecule has 2 heterocycles. The summed E-state index contributed by atoms with van der Waals surface area (Å²) >= 11 is 0. The predicted octanol–water partition coefficient (Wildman–Crippen LogP) is 21.3. The zero-order valence-corrected chi connectivity index (χ0v) is 49.6. The van der Waals surface area contributed by atoms with Crippen molar-refractivity contribution < 1.29 is 8.83 Å². The second-order valence-electron chi connectivity index (χ2n) is 26.6. The highest BCUT2D eigenvalue weighted by Crippen LogP contribution is 2.64. The third-order valence-electron chi connectivity index (χ3n) is 17.2. The van der Waals surface area contributed by atoms with E-state index in [0.717, 1.165) is 111 Å². The minimum atomic E-state index is -0.883. The van der Waals surface area contributed by atoms with Crippen LogP contribution in [-0.4, -0.2) is 9.71 Å². The number of benzene rings is 10. The highest BCUT2D eigenvalue weighted by molar-refractivity contribution is 6.26. The summed E-state index contributed by atoms with van der Waals surface area (Å²) in [6.07, 6.45) is 0. The summed E-state index contributed by atoms with van der Waals surface area (Å²) in [5, 5.41) is 4.21. The van der Waals surface area contributed by atoms with Crippen molar-refractivity contribution in [2.24, 2.45) is 0 Å². The minimum Gasteiger partial charge on any atom is -0.455 e. The number of hydrogen-bond donors (Lipinski definition) is 0. The Morgan fingerprint density at radius 1 is 0.341 bits per heavy atom. The van der Waals surface area contributed by atoms with Crippen LogP contribution in [0, 0.1) is 0 Å². The van der Waals surface area contributed by atoms with Gasteiger partial charge in [0.2, 0.25) is 0 Å². The molecule has 10 aromatic carbocycles. The van der Waals surface area contributed by atoms with Gasteiger partial charge in [-0.25, -0.2) is 0 Å². The first-order chi connectivity index (χ1) is 39.7. The third kappa shape index (κ3) is 8.74. The maximum Gasteiger partial charge on any atom is 0.160 e. The molecule has 0 N–H and O–H groups in total. The van der Waals surface area contributed by atoms with Crippen molar-refractivity contribution in [2.75, 3.05) is 9.80 Å². The fourth-order valence-electron chi connectivity index (χ4n) is 12.8. The van der Waals surface area contributed by atoms with Gasteiger partial charge in [-0.3, -0.25) is 0 Å². The van der Waals surface area contributed by atoms with Crippen LogP contribution in [0.15, 0.2) is 227 Å². The molecular weight excluding hydrogens is 996 g/mol. The summed E-state index contributed by atoms with van der Waals surface area (Å²) in [5.74, 6) is 0. The van der Waals surface area contributed by atoms with Gasteiger partial charge in [0.15, 0.2) is 5.58 Å². The van der Waals surface area contributed by atoms with Gasteiger partial charge in [0.05, 0.1) is 22.2 Å². The fourth-order valence-corrected chi connectivity index (χ4v) is 12.8. The quantitative estimate of drug-likeness (QED) is 0.142. The second-order valence-corrected chi connectivity index (χ2v) is 26.6. The predicted molar refractivity (Wildman–Crippen MR) is 350 cm³/mol. The summed E-state index contributed by atoms with van der Waals surface area (Å²) in [5.41, 5.74) is 20.4. The van der Waals surface area contributed by atoms with Crippen LogP contribution < -0.4 is 9.80 Å². The maximum absolute atomic E-state index is 7.57. The molecule has 2 radical (unpaired) electrons. The molecule has 0 spiro atoms. The number of fused-ring (bicyclic) bond motifs is 11. The van der Waals surface area contributed by atoms with Crippen LogP contribution in [0.1, 0.15) is 128 Å². The average Bonchev–Trinajstić information content (AvgIpc) is 3.76. The van der Waals surface area contributed by atoms with Crippen molar-refractivity contribution in [1.82, 2.24) is 0 Å². The van der Waals surface area contributed by atoms with E-state index in [1.165, 1.54) is 22.3 Å². The van der Waals surface area contributed by atoms with Crippen LogP contribution in [0.25, 0.3) is 55.0 Å². The normalized spacial score (nSPS) is 13.4. The van der Waals surface area contributed by atoms with Crippen molar-refractivity contribution in [1.29, 1.82) is 1.34 Å². The highest BCUT2D eigenvalue weighted by Gasteiger charge is 2.50. The molecule has 0 fully saturated rings. The van der Waals surface area contributed by atoms with Gasteiger partial charge in [0.25, 0.3) is 0 Å². The number of hydrogen-bond acceptors (Lipinski definition) is 4. The fraction of sp³-hybridized carbons (Fsp3) is 0.221. The van der Waals surface area contributed by atoms with Gasteiger partial charge in [-0.05, 0) is 140 Å². The van der Waals surface area contributed by atoms with Gasteiger partial charge in [0.1, 0.15) is 16.7 Å². The lowest BCUT2D eigenvalue weighted by Gasteiger charge is -2.36. The Kier molecular flexibility index (Phi) is 12.6. The molecule has 13 rings (SSSR count). The zero-order chi connectivity index (χ0) is 58.4. The first-order valence-corrected chi connectivity index (χ1v) is 28.8. The van der Waals surface area contributed by atoms with E-state index in [1.807, 2.05) is 0 Å².